The van der Waals surface area contributed by atoms with Crippen LogP contribution in [0.25, 0.3) is 6.08 Å². The molecule has 3 rings (SSSR count). The molecule has 2 amide bonds. The summed E-state index contributed by atoms with van der Waals surface area (Å²) in [7, 11) is 0. The number of thioether (sulfide) groups is 1. The second-order valence-electron chi connectivity index (χ2n) is 4.56. The molecule has 22 heavy (non-hydrogen) atoms. The van der Waals surface area contributed by atoms with Crippen LogP contribution in [0.2, 0.25) is 5.02 Å². The normalized spacial score (nSPS) is 16.6. The number of halogens is 1. The van der Waals surface area contributed by atoms with Gasteiger partial charge in [0.2, 0.25) is 0 Å². The Labute approximate surface area is 136 Å². The second-order valence-corrected chi connectivity index (χ2v) is 5.96. The number of phenols is 1. The lowest BCUT2D eigenvalue weighted by atomic mass is 10.2. The highest BCUT2D eigenvalue weighted by Crippen LogP contribution is 2.36. The minimum atomic E-state index is -0.402. The number of hydrogen-bond acceptors (Lipinski definition) is 4. The molecule has 0 unspecified atom stereocenters. The van der Waals surface area contributed by atoms with Crippen LogP contribution in [-0.4, -0.2) is 16.3 Å². The van der Waals surface area contributed by atoms with Crippen molar-refractivity contribution in [1.82, 2.24) is 0 Å². The molecule has 2 aromatic rings. The van der Waals surface area contributed by atoms with Gasteiger partial charge in [0.05, 0.1) is 10.6 Å². The van der Waals surface area contributed by atoms with Crippen molar-refractivity contribution in [2.24, 2.45) is 0 Å². The number of amides is 2. The molecule has 0 radical (unpaired) electrons. The van der Waals surface area contributed by atoms with Crippen LogP contribution >= 0.6 is 23.4 Å². The van der Waals surface area contributed by atoms with E-state index in [1.807, 2.05) is 6.07 Å². The first-order valence-corrected chi connectivity index (χ1v) is 7.57. The van der Waals surface area contributed by atoms with Gasteiger partial charge in [0, 0.05) is 5.02 Å². The predicted molar refractivity (Wildman–Crippen MR) is 88.0 cm³/mol. The average molecular weight is 332 g/mol. The molecule has 4 nitrogen and oxygen atoms in total. The Morgan fingerprint density at radius 2 is 1.73 bits per heavy atom. The highest BCUT2D eigenvalue weighted by molar-refractivity contribution is 8.19. The molecule has 1 N–H and O–H groups in total. The molecule has 0 bridgehead atoms. The Kier molecular flexibility index (Phi) is 3.92. The first-order chi connectivity index (χ1) is 10.6. The van der Waals surface area contributed by atoms with Crippen LogP contribution in [-0.2, 0) is 4.79 Å². The van der Waals surface area contributed by atoms with E-state index in [1.165, 1.54) is 24.3 Å². The summed E-state index contributed by atoms with van der Waals surface area (Å²) in [6.07, 6.45) is 1.60. The van der Waals surface area contributed by atoms with Crippen LogP contribution < -0.4 is 4.90 Å². The maximum Gasteiger partial charge on any atom is 0.298 e. The highest BCUT2D eigenvalue weighted by Gasteiger charge is 2.36. The zero-order valence-electron chi connectivity index (χ0n) is 11.2. The van der Waals surface area contributed by atoms with Crippen molar-refractivity contribution < 1.29 is 14.7 Å². The first kappa shape index (κ1) is 14.7. The van der Waals surface area contributed by atoms with Crippen LogP contribution in [0.5, 0.6) is 5.75 Å². The van der Waals surface area contributed by atoms with E-state index >= 15 is 0 Å². The molecule has 2 aromatic carbocycles. The molecule has 1 aliphatic heterocycles. The number of nitrogens with zero attached hydrogens (tertiary/aromatic N) is 1. The summed E-state index contributed by atoms with van der Waals surface area (Å²) in [6.45, 7) is 0. The van der Waals surface area contributed by atoms with Crippen LogP contribution in [0, 0.1) is 0 Å². The minimum Gasteiger partial charge on any atom is -0.508 e. The molecular formula is C16H10ClNO3S. The van der Waals surface area contributed by atoms with E-state index in [9.17, 15) is 14.7 Å². The van der Waals surface area contributed by atoms with Crippen molar-refractivity contribution >= 4 is 46.3 Å². The summed E-state index contributed by atoms with van der Waals surface area (Å²) in [5, 5.41) is 9.42. The van der Waals surface area contributed by atoms with E-state index < -0.39 is 5.91 Å². The van der Waals surface area contributed by atoms with Gasteiger partial charge >= 0.3 is 0 Å². The molecule has 0 spiro atoms. The molecular weight excluding hydrogens is 322 g/mol. The van der Waals surface area contributed by atoms with Crippen LogP contribution in [0.15, 0.2) is 53.4 Å². The number of imide groups is 1. The fourth-order valence-electron chi connectivity index (χ4n) is 2.03. The van der Waals surface area contributed by atoms with E-state index in [1.54, 1.807) is 24.3 Å². The minimum absolute atomic E-state index is 0.0716. The summed E-state index contributed by atoms with van der Waals surface area (Å²) in [6, 6.07) is 13.0. The van der Waals surface area contributed by atoms with E-state index in [4.69, 9.17) is 11.6 Å². The second kappa shape index (κ2) is 5.87. The standard InChI is InChI=1S/C16H10ClNO3S/c17-13-4-2-1-3-10(13)9-14-15(20)18(16(21)22-14)11-5-7-12(19)8-6-11/h1-9,19H/b14-9-. The number of phenolic OH excluding ortho intramolecular Hbond substituents is 1. The lowest BCUT2D eigenvalue weighted by molar-refractivity contribution is -0.113. The first-order valence-electron chi connectivity index (χ1n) is 6.38. The molecule has 110 valence electrons. The Morgan fingerprint density at radius 1 is 1.05 bits per heavy atom. The lowest BCUT2D eigenvalue weighted by Gasteiger charge is -2.12. The van der Waals surface area contributed by atoms with Gasteiger partial charge in [0.1, 0.15) is 5.75 Å². The molecule has 0 aromatic heterocycles. The monoisotopic (exact) mass is 331 g/mol. The molecule has 1 heterocycles. The molecule has 1 aliphatic rings. The number of aromatic hydroxyl groups is 1. The van der Waals surface area contributed by atoms with E-state index in [0.29, 0.717) is 21.2 Å². The largest absolute Gasteiger partial charge is 0.508 e. The van der Waals surface area contributed by atoms with Crippen molar-refractivity contribution in [3.8, 4) is 5.75 Å². The molecule has 0 atom stereocenters. The fourth-order valence-corrected chi connectivity index (χ4v) is 3.05. The molecule has 6 heteroatoms. The van der Waals surface area contributed by atoms with Gasteiger partial charge in [-0.15, -0.1) is 0 Å². The number of carbonyl (C=O) groups is 2. The van der Waals surface area contributed by atoms with Gasteiger partial charge in [-0.25, -0.2) is 4.90 Å². The maximum absolute atomic E-state index is 12.4. The van der Waals surface area contributed by atoms with Gasteiger partial charge < -0.3 is 5.11 Å². The highest BCUT2D eigenvalue weighted by atomic mass is 35.5. The van der Waals surface area contributed by atoms with Gasteiger partial charge in [-0.3, -0.25) is 9.59 Å². The number of benzene rings is 2. The number of carbonyl (C=O) groups excluding carboxylic acids is 2. The number of hydrogen-bond donors (Lipinski definition) is 1. The predicted octanol–water partition coefficient (Wildman–Crippen LogP) is 4.29. The van der Waals surface area contributed by atoms with Gasteiger partial charge in [-0.2, -0.15) is 0 Å². The van der Waals surface area contributed by atoms with Crippen LogP contribution in [0.4, 0.5) is 10.5 Å². The van der Waals surface area contributed by atoms with E-state index in [2.05, 4.69) is 0 Å². The van der Waals surface area contributed by atoms with Crippen LogP contribution in [0.3, 0.4) is 0 Å². The van der Waals surface area contributed by atoms with Crippen molar-refractivity contribution in [1.29, 1.82) is 0 Å². The summed E-state index contributed by atoms with van der Waals surface area (Å²) in [5.74, 6) is -0.331. The van der Waals surface area contributed by atoms with Gasteiger partial charge in [-0.1, -0.05) is 29.8 Å². The van der Waals surface area contributed by atoms with Crippen molar-refractivity contribution in [2.75, 3.05) is 4.90 Å². The third-order valence-electron chi connectivity index (χ3n) is 3.09. The summed E-state index contributed by atoms with van der Waals surface area (Å²) in [4.78, 5) is 25.9. The SMILES string of the molecule is O=C1S/C(=C\c2ccccc2Cl)C(=O)N1c1ccc(O)cc1. The number of anilines is 1. The number of rotatable bonds is 2. The third kappa shape index (κ3) is 2.73. The fraction of sp³-hybridized carbons (Fsp3) is 0. The Morgan fingerprint density at radius 3 is 2.41 bits per heavy atom. The molecule has 0 saturated carbocycles. The topological polar surface area (TPSA) is 57.6 Å². The maximum atomic E-state index is 12.4. The van der Waals surface area contributed by atoms with Gasteiger partial charge in [0.25, 0.3) is 11.1 Å². The summed E-state index contributed by atoms with van der Waals surface area (Å²) < 4.78 is 0. The van der Waals surface area contributed by atoms with Crippen molar-refractivity contribution in [2.45, 2.75) is 0 Å². The molecule has 0 aliphatic carbocycles. The van der Waals surface area contributed by atoms with E-state index in [0.717, 1.165) is 16.7 Å². The van der Waals surface area contributed by atoms with Crippen molar-refractivity contribution in [3.63, 3.8) is 0 Å². The molecule has 1 fully saturated rings. The summed E-state index contributed by atoms with van der Waals surface area (Å²) >= 11 is 6.93. The summed E-state index contributed by atoms with van der Waals surface area (Å²) in [5.41, 5.74) is 1.10. The Balaban J connectivity index is 1.95. The average Bonchev–Trinajstić information content (AvgIpc) is 2.77. The zero-order chi connectivity index (χ0) is 15.7. The zero-order valence-corrected chi connectivity index (χ0v) is 12.8. The quantitative estimate of drug-likeness (QED) is 0.834. The smallest absolute Gasteiger partial charge is 0.298 e. The third-order valence-corrected chi connectivity index (χ3v) is 4.31. The Bertz CT molecular complexity index is 786. The molecule has 1 saturated heterocycles. The van der Waals surface area contributed by atoms with Crippen LogP contribution in [0.1, 0.15) is 5.56 Å². The lowest BCUT2D eigenvalue weighted by Crippen LogP contribution is -2.27. The Hall–Kier alpha value is -2.24. The van der Waals surface area contributed by atoms with Gasteiger partial charge in [0.15, 0.2) is 0 Å². The van der Waals surface area contributed by atoms with Gasteiger partial charge in [-0.05, 0) is 53.7 Å². The van der Waals surface area contributed by atoms with E-state index in [-0.39, 0.29) is 11.0 Å². The van der Waals surface area contributed by atoms with Crippen molar-refractivity contribution in [3.05, 3.63) is 64.0 Å².